The number of nitro groups is 1. The van der Waals surface area contributed by atoms with Crippen LogP contribution >= 0.6 is 0 Å². The SMILES string of the molecule is CC(C)CC(CNC(=O)N1CCN(c2ccccc2[N+](=O)[O-])CC1)N1CCOCC1. The molecule has 1 atom stereocenters. The fraction of sp³-hybridized carbons (Fsp3) is 0.667. The van der Waals surface area contributed by atoms with Crippen LogP contribution in [-0.4, -0.2) is 85.8 Å². The van der Waals surface area contributed by atoms with Crippen LogP contribution in [0.25, 0.3) is 0 Å². The van der Waals surface area contributed by atoms with Crippen molar-refractivity contribution in [2.75, 3.05) is 63.9 Å². The maximum atomic E-state index is 12.7. The van der Waals surface area contributed by atoms with Gasteiger partial charge < -0.3 is 19.9 Å². The smallest absolute Gasteiger partial charge is 0.317 e. The summed E-state index contributed by atoms with van der Waals surface area (Å²) < 4.78 is 5.46. The molecule has 0 radical (unpaired) electrons. The standard InChI is InChI=1S/C21H33N5O4/c1-17(2)15-18(23-11-13-30-14-12-23)16-22-21(27)25-9-7-24(8-10-25)19-5-3-4-6-20(19)26(28)29/h3-6,17-18H,7-16H2,1-2H3,(H,22,27). The minimum atomic E-state index is -0.352. The second-order valence-electron chi connectivity index (χ2n) is 8.34. The third-order valence-electron chi connectivity index (χ3n) is 5.78. The summed E-state index contributed by atoms with van der Waals surface area (Å²) in [7, 11) is 0. The van der Waals surface area contributed by atoms with Gasteiger partial charge in [0.05, 0.1) is 18.1 Å². The predicted octanol–water partition coefficient (Wildman–Crippen LogP) is 2.17. The first-order chi connectivity index (χ1) is 14.5. The molecule has 1 aromatic rings. The minimum absolute atomic E-state index is 0.0563. The molecule has 2 aliphatic rings. The quantitative estimate of drug-likeness (QED) is 0.538. The number of hydrogen-bond acceptors (Lipinski definition) is 6. The van der Waals surface area contributed by atoms with Gasteiger partial charge in [-0.1, -0.05) is 26.0 Å². The summed E-state index contributed by atoms with van der Waals surface area (Å²) in [6.45, 7) is 10.6. The van der Waals surface area contributed by atoms with Crippen molar-refractivity contribution in [3.05, 3.63) is 34.4 Å². The Kier molecular flexibility index (Phi) is 7.87. The van der Waals surface area contributed by atoms with Crippen molar-refractivity contribution >= 4 is 17.4 Å². The Morgan fingerprint density at radius 1 is 1.13 bits per heavy atom. The summed E-state index contributed by atoms with van der Waals surface area (Å²) in [5, 5.41) is 14.4. The molecule has 1 unspecified atom stereocenters. The molecular formula is C21H33N5O4. The van der Waals surface area contributed by atoms with Gasteiger partial charge in [-0.05, 0) is 18.4 Å². The topological polar surface area (TPSA) is 91.2 Å². The van der Waals surface area contributed by atoms with E-state index >= 15 is 0 Å². The van der Waals surface area contributed by atoms with Gasteiger partial charge >= 0.3 is 6.03 Å². The Bertz CT molecular complexity index is 715. The van der Waals surface area contributed by atoms with Crippen molar-refractivity contribution in [1.29, 1.82) is 0 Å². The van der Waals surface area contributed by atoms with Gasteiger partial charge in [-0.2, -0.15) is 0 Å². The maximum Gasteiger partial charge on any atom is 0.317 e. The van der Waals surface area contributed by atoms with E-state index in [0.717, 1.165) is 32.7 Å². The molecule has 166 valence electrons. The van der Waals surface area contributed by atoms with Crippen molar-refractivity contribution < 1.29 is 14.5 Å². The van der Waals surface area contributed by atoms with Gasteiger partial charge in [-0.3, -0.25) is 15.0 Å². The lowest BCUT2D eigenvalue weighted by Crippen LogP contribution is -2.55. The van der Waals surface area contributed by atoms with Crippen LogP contribution in [0, 0.1) is 16.0 Å². The van der Waals surface area contributed by atoms with E-state index in [1.165, 1.54) is 6.07 Å². The van der Waals surface area contributed by atoms with Crippen LogP contribution in [0.15, 0.2) is 24.3 Å². The first-order valence-electron chi connectivity index (χ1n) is 10.8. The summed E-state index contributed by atoms with van der Waals surface area (Å²) in [5.74, 6) is 0.556. The van der Waals surface area contributed by atoms with Gasteiger partial charge in [0.2, 0.25) is 0 Å². The van der Waals surface area contributed by atoms with Crippen molar-refractivity contribution in [3.8, 4) is 0 Å². The number of para-hydroxylation sites is 2. The highest BCUT2D eigenvalue weighted by molar-refractivity contribution is 5.75. The molecule has 2 fully saturated rings. The van der Waals surface area contributed by atoms with E-state index in [2.05, 4.69) is 24.1 Å². The van der Waals surface area contributed by atoms with Gasteiger partial charge in [0.25, 0.3) is 5.69 Å². The number of nitro benzene ring substituents is 1. The van der Waals surface area contributed by atoms with Gasteiger partial charge in [0.15, 0.2) is 0 Å². The lowest BCUT2D eigenvalue weighted by molar-refractivity contribution is -0.384. The molecule has 2 saturated heterocycles. The molecule has 1 N–H and O–H groups in total. The largest absolute Gasteiger partial charge is 0.379 e. The van der Waals surface area contributed by atoms with Gasteiger partial charge in [-0.15, -0.1) is 0 Å². The van der Waals surface area contributed by atoms with Crippen LogP contribution < -0.4 is 10.2 Å². The molecule has 0 aromatic heterocycles. The average Bonchev–Trinajstić information content (AvgIpc) is 2.77. The summed E-state index contributed by atoms with van der Waals surface area (Å²) in [6.07, 6.45) is 1.03. The van der Waals surface area contributed by atoms with E-state index in [4.69, 9.17) is 4.74 Å². The highest BCUT2D eigenvalue weighted by atomic mass is 16.6. The molecule has 9 heteroatoms. The molecule has 0 saturated carbocycles. The predicted molar refractivity (Wildman–Crippen MR) is 116 cm³/mol. The number of benzene rings is 1. The van der Waals surface area contributed by atoms with Gasteiger partial charge in [-0.25, -0.2) is 4.79 Å². The molecule has 0 bridgehead atoms. The van der Waals surface area contributed by atoms with Crippen LogP contribution in [0.4, 0.5) is 16.2 Å². The number of nitrogens with zero attached hydrogens (tertiary/aromatic N) is 4. The first-order valence-corrected chi connectivity index (χ1v) is 10.8. The third-order valence-corrected chi connectivity index (χ3v) is 5.78. The van der Waals surface area contributed by atoms with E-state index in [1.807, 2.05) is 11.0 Å². The fourth-order valence-electron chi connectivity index (χ4n) is 4.20. The second-order valence-corrected chi connectivity index (χ2v) is 8.34. The Hall–Kier alpha value is -2.39. The number of anilines is 1. The monoisotopic (exact) mass is 419 g/mol. The van der Waals surface area contributed by atoms with E-state index in [0.29, 0.717) is 50.4 Å². The Morgan fingerprint density at radius 2 is 1.80 bits per heavy atom. The molecule has 9 nitrogen and oxygen atoms in total. The molecular weight excluding hydrogens is 386 g/mol. The highest BCUT2D eigenvalue weighted by Gasteiger charge is 2.27. The number of urea groups is 1. The molecule has 30 heavy (non-hydrogen) atoms. The summed E-state index contributed by atoms with van der Waals surface area (Å²) >= 11 is 0. The number of amides is 2. The zero-order valence-electron chi connectivity index (χ0n) is 18.0. The third kappa shape index (κ3) is 5.82. The number of nitrogens with one attached hydrogen (secondary N) is 1. The van der Waals surface area contributed by atoms with Crippen LogP contribution in [0.1, 0.15) is 20.3 Å². The molecule has 2 heterocycles. The lowest BCUT2D eigenvalue weighted by Gasteiger charge is -2.38. The zero-order chi connectivity index (χ0) is 21.5. The normalized spacial score (nSPS) is 19.0. The van der Waals surface area contributed by atoms with Gasteiger partial charge in [0.1, 0.15) is 5.69 Å². The molecule has 0 spiro atoms. The first kappa shape index (κ1) is 22.3. The Morgan fingerprint density at radius 3 is 2.43 bits per heavy atom. The number of piperazine rings is 1. The van der Waals surface area contributed by atoms with Gasteiger partial charge in [0, 0.05) is 57.9 Å². The van der Waals surface area contributed by atoms with Crippen LogP contribution in [-0.2, 0) is 4.74 Å². The molecule has 2 aliphatic heterocycles. The number of morpholine rings is 1. The Balaban J connectivity index is 1.51. The molecule has 1 aromatic carbocycles. The minimum Gasteiger partial charge on any atom is -0.379 e. The molecule has 3 rings (SSSR count). The zero-order valence-corrected chi connectivity index (χ0v) is 18.0. The Labute approximate surface area is 178 Å². The second kappa shape index (κ2) is 10.6. The van der Waals surface area contributed by atoms with E-state index < -0.39 is 0 Å². The van der Waals surface area contributed by atoms with Crippen molar-refractivity contribution in [2.24, 2.45) is 5.92 Å². The number of carbonyl (C=O) groups excluding carboxylic acids is 1. The summed E-state index contributed by atoms with van der Waals surface area (Å²) in [6, 6.07) is 7.03. The molecule has 2 amide bonds. The van der Waals surface area contributed by atoms with Crippen molar-refractivity contribution in [1.82, 2.24) is 15.1 Å². The van der Waals surface area contributed by atoms with Crippen molar-refractivity contribution in [3.63, 3.8) is 0 Å². The van der Waals surface area contributed by atoms with E-state index in [1.54, 1.807) is 17.0 Å². The van der Waals surface area contributed by atoms with E-state index in [-0.39, 0.29) is 16.6 Å². The number of carbonyl (C=O) groups is 1. The maximum absolute atomic E-state index is 12.7. The van der Waals surface area contributed by atoms with Crippen LogP contribution in [0.3, 0.4) is 0 Å². The number of rotatable bonds is 7. The lowest BCUT2D eigenvalue weighted by atomic mass is 10.0. The number of ether oxygens (including phenoxy) is 1. The fourth-order valence-corrected chi connectivity index (χ4v) is 4.20. The van der Waals surface area contributed by atoms with E-state index in [9.17, 15) is 14.9 Å². The van der Waals surface area contributed by atoms with Crippen LogP contribution in [0.2, 0.25) is 0 Å². The summed E-state index contributed by atoms with van der Waals surface area (Å²) in [5.41, 5.74) is 0.726. The number of hydrogen-bond donors (Lipinski definition) is 1. The van der Waals surface area contributed by atoms with Crippen LogP contribution in [0.5, 0.6) is 0 Å². The highest BCUT2D eigenvalue weighted by Crippen LogP contribution is 2.28. The summed E-state index contributed by atoms with van der Waals surface area (Å²) in [4.78, 5) is 29.9. The molecule has 0 aliphatic carbocycles. The van der Waals surface area contributed by atoms with Crippen molar-refractivity contribution in [2.45, 2.75) is 26.3 Å². The average molecular weight is 420 g/mol.